The van der Waals surface area contributed by atoms with E-state index in [2.05, 4.69) is 58.1 Å². The van der Waals surface area contributed by atoms with E-state index < -0.39 is 0 Å². The van der Waals surface area contributed by atoms with E-state index in [0.717, 1.165) is 30.4 Å². The maximum Gasteiger partial charge on any atom is 0.204 e. The van der Waals surface area contributed by atoms with Gasteiger partial charge in [0, 0.05) is 33.4 Å². The Balaban J connectivity index is 1.97. The van der Waals surface area contributed by atoms with Gasteiger partial charge in [0.05, 0.1) is 18.4 Å². The smallest absolute Gasteiger partial charge is 0.204 e. The molecule has 0 saturated carbocycles. The summed E-state index contributed by atoms with van der Waals surface area (Å²) < 4.78 is 2.10. The van der Waals surface area contributed by atoms with Crippen molar-refractivity contribution in [1.82, 2.24) is 14.5 Å². The van der Waals surface area contributed by atoms with Gasteiger partial charge in [-0.1, -0.05) is 12.1 Å². The van der Waals surface area contributed by atoms with Gasteiger partial charge in [-0.2, -0.15) is 0 Å². The van der Waals surface area contributed by atoms with Crippen LogP contribution in [0.2, 0.25) is 0 Å². The molecule has 0 aliphatic rings. The molecule has 5 heteroatoms. The summed E-state index contributed by atoms with van der Waals surface area (Å²) in [7, 11) is 10.2. The zero-order valence-corrected chi connectivity index (χ0v) is 13.6. The Morgan fingerprint density at radius 2 is 1.76 bits per heavy atom. The third-order valence-corrected chi connectivity index (χ3v) is 3.39. The molecule has 0 bridgehead atoms. The van der Waals surface area contributed by atoms with Gasteiger partial charge >= 0.3 is 0 Å². The van der Waals surface area contributed by atoms with Crippen molar-refractivity contribution >= 4 is 11.6 Å². The van der Waals surface area contributed by atoms with Gasteiger partial charge in [-0.3, -0.25) is 0 Å². The largest absolute Gasteiger partial charge is 0.379 e. The lowest BCUT2D eigenvalue weighted by atomic mass is 10.2. The summed E-state index contributed by atoms with van der Waals surface area (Å²) in [6.07, 6.45) is 1.92. The van der Waals surface area contributed by atoms with Crippen LogP contribution < -0.4 is 10.2 Å². The Morgan fingerprint density at radius 3 is 2.29 bits per heavy atom. The third kappa shape index (κ3) is 3.98. The molecule has 1 heterocycles. The summed E-state index contributed by atoms with van der Waals surface area (Å²) in [6.45, 7) is 1.73. The predicted octanol–water partition coefficient (Wildman–Crippen LogP) is 2.16. The lowest BCUT2D eigenvalue weighted by molar-refractivity contribution is 0.402. The van der Waals surface area contributed by atoms with Crippen LogP contribution in [-0.4, -0.2) is 42.6 Å². The number of hydrogen-bond acceptors (Lipinski definition) is 4. The Hall–Kier alpha value is -2.01. The van der Waals surface area contributed by atoms with E-state index in [4.69, 9.17) is 0 Å². The van der Waals surface area contributed by atoms with Crippen molar-refractivity contribution in [3.05, 3.63) is 41.7 Å². The molecule has 0 radical (unpaired) electrons. The SMILES string of the molecule is CN(C)Cc1ccc(NCc2cnc(N(C)C)n2C)cc1. The Kier molecular flexibility index (Phi) is 4.85. The number of anilines is 2. The minimum Gasteiger partial charge on any atom is -0.379 e. The van der Waals surface area contributed by atoms with Crippen LogP contribution in [0.4, 0.5) is 11.6 Å². The standard InChI is InChI=1S/C16H25N5/c1-19(2)12-13-6-8-14(9-7-13)17-10-15-11-18-16(20(3)4)21(15)5/h6-9,11,17H,10,12H2,1-5H3. The molecule has 2 aromatic rings. The van der Waals surface area contributed by atoms with E-state index in [1.165, 1.54) is 5.56 Å². The van der Waals surface area contributed by atoms with Gasteiger partial charge in [-0.25, -0.2) is 4.98 Å². The van der Waals surface area contributed by atoms with Crippen LogP contribution >= 0.6 is 0 Å². The molecule has 1 N–H and O–H groups in total. The fraction of sp³-hybridized carbons (Fsp3) is 0.438. The summed E-state index contributed by atoms with van der Waals surface area (Å²) in [5, 5.41) is 3.44. The topological polar surface area (TPSA) is 36.3 Å². The lowest BCUT2D eigenvalue weighted by Crippen LogP contribution is -2.15. The maximum absolute atomic E-state index is 4.42. The summed E-state index contributed by atoms with van der Waals surface area (Å²) in [4.78, 5) is 8.60. The van der Waals surface area contributed by atoms with Crippen LogP contribution in [0, 0.1) is 0 Å². The van der Waals surface area contributed by atoms with Crippen molar-refractivity contribution in [3.63, 3.8) is 0 Å². The summed E-state index contributed by atoms with van der Waals surface area (Å²) in [5.41, 5.74) is 3.61. The molecule has 21 heavy (non-hydrogen) atoms. The molecule has 1 aromatic carbocycles. The fourth-order valence-corrected chi connectivity index (χ4v) is 2.30. The molecule has 0 unspecified atom stereocenters. The summed E-state index contributed by atoms with van der Waals surface area (Å²) in [5.74, 6) is 0.966. The van der Waals surface area contributed by atoms with Crippen LogP contribution in [0.3, 0.4) is 0 Å². The molecular weight excluding hydrogens is 262 g/mol. The molecular formula is C16H25N5. The number of nitrogens with zero attached hydrogens (tertiary/aromatic N) is 4. The molecule has 0 aliphatic heterocycles. The van der Waals surface area contributed by atoms with E-state index in [9.17, 15) is 0 Å². The van der Waals surface area contributed by atoms with Crippen LogP contribution in [0.15, 0.2) is 30.5 Å². The molecule has 0 saturated heterocycles. The van der Waals surface area contributed by atoms with Gasteiger partial charge in [0.25, 0.3) is 0 Å². The molecule has 0 fully saturated rings. The average Bonchev–Trinajstić information content (AvgIpc) is 2.79. The normalized spacial score (nSPS) is 11.0. The van der Waals surface area contributed by atoms with Crippen LogP contribution in [0.1, 0.15) is 11.3 Å². The average molecular weight is 287 g/mol. The lowest BCUT2D eigenvalue weighted by Gasteiger charge is -2.13. The van der Waals surface area contributed by atoms with Gasteiger partial charge in [0.15, 0.2) is 0 Å². The second-order valence-corrected chi connectivity index (χ2v) is 5.79. The molecule has 0 atom stereocenters. The Labute approximate surface area is 127 Å². The number of hydrogen-bond donors (Lipinski definition) is 1. The first-order valence-corrected chi connectivity index (χ1v) is 7.13. The van der Waals surface area contributed by atoms with E-state index in [-0.39, 0.29) is 0 Å². The molecule has 2 rings (SSSR count). The zero-order valence-electron chi connectivity index (χ0n) is 13.6. The van der Waals surface area contributed by atoms with Crippen molar-refractivity contribution in [2.75, 3.05) is 38.4 Å². The van der Waals surface area contributed by atoms with Gasteiger partial charge in [0.1, 0.15) is 0 Å². The Morgan fingerprint density at radius 1 is 1.10 bits per heavy atom. The first-order valence-electron chi connectivity index (χ1n) is 7.13. The molecule has 114 valence electrons. The summed E-state index contributed by atoms with van der Waals surface area (Å²) in [6, 6.07) is 8.58. The number of aromatic nitrogens is 2. The third-order valence-electron chi connectivity index (χ3n) is 3.39. The minimum absolute atomic E-state index is 0.768. The van der Waals surface area contributed by atoms with Gasteiger partial charge in [0.2, 0.25) is 5.95 Å². The van der Waals surface area contributed by atoms with Crippen LogP contribution in [-0.2, 0) is 20.1 Å². The first-order chi connectivity index (χ1) is 9.97. The monoisotopic (exact) mass is 287 g/mol. The fourth-order valence-electron chi connectivity index (χ4n) is 2.30. The number of imidazole rings is 1. The van der Waals surface area contributed by atoms with Gasteiger partial charge < -0.3 is 19.7 Å². The van der Waals surface area contributed by atoms with Crippen LogP contribution in [0.25, 0.3) is 0 Å². The van der Waals surface area contributed by atoms with E-state index in [1.54, 1.807) is 0 Å². The van der Waals surface area contributed by atoms with E-state index >= 15 is 0 Å². The van der Waals surface area contributed by atoms with Crippen LogP contribution in [0.5, 0.6) is 0 Å². The van der Waals surface area contributed by atoms with Crippen molar-refractivity contribution in [1.29, 1.82) is 0 Å². The molecule has 0 amide bonds. The van der Waals surface area contributed by atoms with Crippen molar-refractivity contribution in [3.8, 4) is 0 Å². The van der Waals surface area contributed by atoms with Gasteiger partial charge in [-0.05, 0) is 31.8 Å². The second-order valence-electron chi connectivity index (χ2n) is 5.79. The van der Waals surface area contributed by atoms with Crippen molar-refractivity contribution in [2.45, 2.75) is 13.1 Å². The number of benzene rings is 1. The number of nitrogens with one attached hydrogen (secondary N) is 1. The second kappa shape index (κ2) is 6.63. The Bertz CT molecular complexity index is 569. The molecule has 1 aromatic heterocycles. The van der Waals surface area contributed by atoms with E-state index in [0.29, 0.717) is 0 Å². The highest BCUT2D eigenvalue weighted by molar-refractivity contribution is 5.45. The summed E-state index contributed by atoms with van der Waals surface area (Å²) >= 11 is 0. The quantitative estimate of drug-likeness (QED) is 0.883. The molecule has 0 spiro atoms. The molecule has 0 aliphatic carbocycles. The van der Waals surface area contributed by atoms with E-state index in [1.807, 2.05) is 32.2 Å². The maximum atomic E-state index is 4.42. The highest BCUT2D eigenvalue weighted by Gasteiger charge is 2.07. The minimum atomic E-state index is 0.768. The molecule has 5 nitrogen and oxygen atoms in total. The van der Waals surface area contributed by atoms with Crippen molar-refractivity contribution < 1.29 is 0 Å². The predicted molar refractivity (Wildman–Crippen MR) is 88.7 cm³/mol. The van der Waals surface area contributed by atoms with Crippen molar-refractivity contribution in [2.24, 2.45) is 7.05 Å². The van der Waals surface area contributed by atoms with Gasteiger partial charge in [-0.15, -0.1) is 0 Å². The zero-order chi connectivity index (χ0) is 15.4. The number of rotatable bonds is 6. The first kappa shape index (κ1) is 15.4. The highest BCUT2D eigenvalue weighted by Crippen LogP contribution is 2.14. The highest BCUT2D eigenvalue weighted by atomic mass is 15.3.